The summed E-state index contributed by atoms with van der Waals surface area (Å²) < 4.78 is 0. The Hall–Kier alpha value is -1.39. The number of hydrogen-bond acceptors (Lipinski definition) is 3. The fourth-order valence-corrected chi connectivity index (χ4v) is 1.03. The van der Waals surface area contributed by atoms with E-state index in [-0.39, 0.29) is 18.6 Å². The van der Waals surface area contributed by atoms with Crippen molar-refractivity contribution in [1.82, 2.24) is 0 Å². The van der Waals surface area contributed by atoms with E-state index in [1.54, 1.807) is 0 Å². The van der Waals surface area contributed by atoms with Gasteiger partial charge < -0.3 is 10.2 Å². The minimum Gasteiger partial charge on any atom is -0.481 e. The fraction of sp³-hybridized carbons (Fsp3) is 0.667. The number of unbranched alkanes of at least 4 members (excludes halogenated alkanes) is 2. The highest BCUT2D eigenvalue weighted by Gasteiger charge is 2.06. The van der Waals surface area contributed by atoms with Crippen LogP contribution >= 0.6 is 0 Å². The van der Waals surface area contributed by atoms with Gasteiger partial charge >= 0.3 is 11.9 Å². The first kappa shape index (κ1) is 12.6. The molecule has 0 heterocycles. The second-order valence-electron chi connectivity index (χ2n) is 3.06. The molecule has 14 heavy (non-hydrogen) atoms. The van der Waals surface area contributed by atoms with E-state index in [4.69, 9.17) is 10.2 Å². The van der Waals surface area contributed by atoms with Crippen LogP contribution in [0.25, 0.3) is 0 Å². The summed E-state index contributed by atoms with van der Waals surface area (Å²) in [5, 5.41) is 16.6. The number of aliphatic carboxylic acids is 2. The summed E-state index contributed by atoms with van der Waals surface area (Å²) in [6.45, 7) is 0. The van der Waals surface area contributed by atoms with Gasteiger partial charge in [0.15, 0.2) is 0 Å². The predicted octanol–water partition coefficient (Wildman–Crippen LogP) is 1.07. The summed E-state index contributed by atoms with van der Waals surface area (Å²) in [7, 11) is 0. The summed E-state index contributed by atoms with van der Waals surface area (Å²) in [5.74, 6) is -2.25. The second-order valence-corrected chi connectivity index (χ2v) is 3.06. The summed E-state index contributed by atoms with van der Waals surface area (Å²) in [6, 6.07) is 0. The van der Waals surface area contributed by atoms with Crippen LogP contribution in [0.2, 0.25) is 0 Å². The van der Waals surface area contributed by atoms with Crippen LogP contribution in [0.5, 0.6) is 0 Å². The number of ketones is 1. The second kappa shape index (κ2) is 7.06. The highest BCUT2D eigenvalue weighted by molar-refractivity contribution is 5.94. The van der Waals surface area contributed by atoms with Gasteiger partial charge in [0.2, 0.25) is 0 Å². The lowest BCUT2D eigenvalue weighted by Crippen LogP contribution is -2.06. The van der Waals surface area contributed by atoms with E-state index in [9.17, 15) is 14.4 Å². The van der Waals surface area contributed by atoms with Crippen molar-refractivity contribution in [3.05, 3.63) is 0 Å². The summed E-state index contributed by atoms with van der Waals surface area (Å²) in [6.07, 6.45) is 1.66. The van der Waals surface area contributed by atoms with E-state index in [2.05, 4.69) is 0 Å². The molecule has 0 aromatic heterocycles. The third kappa shape index (κ3) is 8.70. The van der Waals surface area contributed by atoms with Crippen molar-refractivity contribution >= 4 is 17.7 Å². The van der Waals surface area contributed by atoms with Gasteiger partial charge in [-0.3, -0.25) is 14.4 Å². The topological polar surface area (TPSA) is 91.7 Å². The van der Waals surface area contributed by atoms with Crippen LogP contribution in [0.4, 0.5) is 0 Å². The van der Waals surface area contributed by atoms with E-state index >= 15 is 0 Å². The number of carbonyl (C=O) groups excluding carboxylic acids is 1. The quantitative estimate of drug-likeness (QED) is 0.453. The molecule has 5 heteroatoms. The standard InChI is InChI=1S/C9H14O5/c10-7(6-9(13)14)4-2-1-3-5-8(11)12/h1-6H2,(H,11,12)(H,13,14). The molecule has 0 aromatic carbocycles. The molecule has 0 saturated heterocycles. The Balaban J connectivity index is 3.32. The molecule has 0 aliphatic carbocycles. The Morgan fingerprint density at radius 3 is 1.86 bits per heavy atom. The molecule has 0 saturated carbocycles. The van der Waals surface area contributed by atoms with E-state index in [1.165, 1.54) is 0 Å². The monoisotopic (exact) mass is 202 g/mol. The maximum Gasteiger partial charge on any atom is 0.310 e. The first-order valence-corrected chi connectivity index (χ1v) is 4.47. The van der Waals surface area contributed by atoms with Gasteiger partial charge in [-0.1, -0.05) is 6.42 Å². The zero-order valence-electron chi connectivity index (χ0n) is 7.86. The van der Waals surface area contributed by atoms with E-state index in [0.717, 1.165) is 0 Å². The lowest BCUT2D eigenvalue weighted by atomic mass is 10.1. The third-order valence-electron chi connectivity index (χ3n) is 1.69. The minimum atomic E-state index is -1.11. The van der Waals surface area contributed by atoms with Gasteiger partial charge in [0.25, 0.3) is 0 Å². The molecule has 0 spiro atoms. The van der Waals surface area contributed by atoms with Gasteiger partial charge in [-0.15, -0.1) is 0 Å². The van der Waals surface area contributed by atoms with Gasteiger partial charge in [0.1, 0.15) is 12.2 Å². The van der Waals surface area contributed by atoms with Crippen LogP contribution < -0.4 is 0 Å². The number of rotatable bonds is 8. The lowest BCUT2D eigenvalue weighted by Gasteiger charge is -1.97. The number of carboxylic acids is 2. The fourth-order valence-electron chi connectivity index (χ4n) is 1.03. The van der Waals surface area contributed by atoms with Crippen LogP contribution in [0.1, 0.15) is 38.5 Å². The number of Topliss-reactive ketones (excluding diaryl/α,β-unsaturated/α-hetero) is 1. The van der Waals surface area contributed by atoms with Crippen molar-refractivity contribution in [3.63, 3.8) is 0 Å². The molecule has 0 atom stereocenters. The molecule has 0 bridgehead atoms. The Morgan fingerprint density at radius 2 is 1.36 bits per heavy atom. The Kier molecular flexibility index (Phi) is 6.36. The van der Waals surface area contributed by atoms with E-state index < -0.39 is 18.4 Å². The first-order valence-electron chi connectivity index (χ1n) is 4.47. The third-order valence-corrected chi connectivity index (χ3v) is 1.69. The minimum absolute atomic E-state index is 0.104. The highest BCUT2D eigenvalue weighted by atomic mass is 16.4. The summed E-state index contributed by atoms with van der Waals surface area (Å²) >= 11 is 0. The highest BCUT2D eigenvalue weighted by Crippen LogP contribution is 2.04. The van der Waals surface area contributed by atoms with Crippen LogP contribution in [-0.4, -0.2) is 27.9 Å². The molecule has 0 rings (SSSR count). The van der Waals surface area contributed by atoms with Crippen molar-refractivity contribution in [2.75, 3.05) is 0 Å². The van der Waals surface area contributed by atoms with Gasteiger partial charge in [-0.25, -0.2) is 0 Å². The Labute approximate surface area is 81.7 Å². The molecule has 2 N–H and O–H groups in total. The van der Waals surface area contributed by atoms with Crippen LogP contribution in [0.15, 0.2) is 0 Å². The molecule has 0 aliphatic heterocycles. The molecule has 0 unspecified atom stereocenters. The molecule has 0 aliphatic rings. The molecule has 80 valence electrons. The van der Waals surface area contributed by atoms with Crippen molar-refractivity contribution in [2.24, 2.45) is 0 Å². The maximum absolute atomic E-state index is 10.9. The zero-order chi connectivity index (χ0) is 11.0. The summed E-state index contributed by atoms with van der Waals surface area (Å²) in [4.78, 5) is 31.0. The van der Waals surface area contributed by atoms with Gasteiger partial charge in [0.05, 0.1) is 0 Å². The van der Waals surface area contributed by atoms with Gasteiger partial charge in [-0.2, -0.15) is 0 Å². The molecule has 0 amide bonds. The number of carboxylic acid groups (broad SMARTS) is 2. The SMILES string of the molecule is O=C(O)CCCCCC(=O)CC(=O)O. The van der Waals surface area contributed by atoms with Crippen molar-refractivity contribution in [3.8, 4) is 0 Å². The molecule has 0 aromatic rings. The average Bonchev–Trinajstić information content (AvgIpc) is 2.01. The van der Waals surface area contributed by atoms with E-state index in [1.807, 2.05) is 0 Å². The van der Waals surface area contributed by atoms with Crippen molar-refractivity contribution in [1.29, 1.82) is 0 Å². The Bertz CT molecular complexity index is 221. The predicted molar refractivity (Wildman–Crippen MR) is 48.0 cm³/mol. The largest absolute Gasteiger partial charge is 0.481 e. The average molecular weight is 202 g/mol. The molecule has 5 nitrogen and oxygen atoms in total. The smallest absolute Gasteiger partial charge is 0.310 e. The maximum atomic E-state index is 10.9. The summed E-state index contributed by atoms with van der Waals surface area (Å²) in [5.41, 5.74) is 0. The molecule has 0 radical (unpaired) electrons. The van der Waals surface area contributed by atoms with Crippen LogP contribution in [0.3, 0.4) is 0 Å². The van der Waals surface area contributed by atoms with Crippen LogP contribution in [0, 0.1) is 0 Å². The lowest BCUT2D eigenvalue weighted by molar-refractivity contribution is -0.140. The van der Waals surface area contributed by atoms with Gasteiger partial charge in [0, 0.05) is 12.8 Å². The first-order chi connectivity index (χ1) is 6.52. The van der Waals surface area contributed by atoms with Gasteiger partial charge in [-0.05, 0) is 12.8 Å². The van der Waals surface area contributed by atoms with E-state index in [0.29, 0.717) is 19.3 Å². The number of carbonyl (C=O) groups is 3. The zero-order valence-corrected chi connectivity index (χ0v) is 7.86. The van der Waals surface area contributed by atoms with Crippen molar-refractivity contribution < 1.29 is 24.6 Å². The molecular weight excluding hydrogens is 188 g/mol. The van der Waals surface area contributed by atoms with Crippen LogP contribution in [-0.2, 0) is 14.4 Å². The number of hydrogen-bond donors (Lipinski definition) is 2. The Morgan fingerprint density at radius 1 is 0.786 bits per heavy atom. The normalized spacial score (nSPS) is 9.71. The van der Waals surface area contributed by atoms with Crippen molar-refractivity contribution in [2.45, 2.75) is 38.5 Å². The molecule has 0 fully saturated rings. The molecular formula is C9H14O5.